The number of hydrogen-bond donors (Lipinski definition) is 0. The van der Waals surface area contributed by atoms with Crippen molar-refractivity contribution in [1.82, 2.24) is 14.7 Å². The molecule has 0 aliphatic carbocycles. The third-order valence-corrected chi connectivity index (χ3v) is 4.97. The quantitative estimate of drug-likeness (QED) is 0.712. The van der Waals surface area contributed by atoms with Crippen molar-refractivity contribution >= 4 is 17.5 Å². The van der Waals surface area contributed by atoms with Gasteiger partial charge in [-0.3, -0.25) is 9.59 Å². The minimum absolute atomic E-state index is 0.362. The Morgan fingerprint density at radius 3 is 1.92 bits per heavy atom. The molecule has 0 unspecified atom stereocenters. The third kappa shape index (κ3) is 3.87. The van der Waals surface area contributed by atoms with E-state index in [0.29, 0.717) is 39.3 Å². The molecule has 2 aliphatic heterocycles. The molecule has 1 aromatic rings. The van der Waals surface area contributed by atoms with Crippen molar-refractivity contribution in [1.29, 1.82) is 0 Å². The SMILES string of the molecule is COc1ccccc1N1CCN(C(=O)C(=O)N2CCN(C)CC2)CC1. The summed E-state index contributed by atoms with van der Waals surface area (Å²) in [5.41, 5.74) is 1.03. The summed E-state index contributed by atoms with van der Waals surface area (Å²) in [7, 11) is 3.69. The van der Waals surface area contributed by atoms with E-state index in [1.165, 1.54) is 0 Å². The van der Waals surface area contributed by atoms with E-state index in [-0.39, 0.29) is 11.8 Å². The molecule has 0 saturated carbocycles. The Balaban J connectivity index is 1.56. The summed E-state index contributed by atoms with van der Waals surface area (Å²) in [6, 6.07) is 7.87. The molecule has 7 heteroatoms. The Labute approximate surface area is 148 Å². The van der Waals surface area contributed by atoms with Crippen molar-refractivity contribution in [3.05, 3.63) is 24.3 Å². The van der Waals surface area contributed by atoms with Crippen molar-refractivity contribution in [3.8, 4) is 5.75 Å². The van der Waals surface area contributed by atoms with Gasteiger partial charge in [-0.1, -0.05) is 12.1 Å². The van der Waals surface area contributed by atoms with Crippen LogP contribution in [0.25, 0.3) is 0 Å². The predicted molar refractivity (Wildman–Crippen MR) is 95.9 cm³/mol. The van der Waals surface area contributed by atoms with Crippen molar-refractivity contribution in [2.24, 2.45) is 0 Å². The zero-order valence-electron chi connectivity index (χ0n) is 15.0. The van der Waals surface area contributed by atoms with Gasteiger partial charge in [-0.15, -0.1) is 0 Å². The molecule has 0 N–H and O–H groups in total. The number of likely N-dealkylation sites (N-methyl/N-ethyl adjacent to an activating group) is 1. The minimum atomic E-state index is -0.371. The van der Waals surface area contributed by atoms with E-state index in [2.05, 4.69) is 9.80 Å². The lowest BCUT2D eigenvalue weighted by molar-refractivity contribution is -0.152. The number of nitrogens with zero attached hydrogens (tertiary/aromatic N) is 4. The zero-order valence-corrected chi connectivity index (χ0v) is 15.0. The monoisotopic (exact) mass is 346 g/mol. The first-order valence-electron chi connectivity index (χ1n) is 8.75. The van der Waals surface area contributed by atoms with Gasteiger partial charge in [-0.2, -0.15) is 0 Å². The van der Waals surface area contributed by atoms with Gasteiger partial charge in [0.25, 0.3) is 0 Å². The van der Waals surface area contributed by atoms with Crippen molar-refractivity contribution in [3.63, 3.8) is 0 Å². The average molecular weight is 346 g/mol. The van der Waals surface area contributed by atoms with E-state index in [1.54, 1.807) is 16.9 Å². The minimum Gasteiger partial charge on any atom is -0.495 e. The number of anilines is 1. The van der Waals surface area contributed by atoms with Gasteiger partial charge in [0.1, 0.15) is 5.75 Å². The highest BCUT2D eigenvalue weighted by Gasteiger charge is 2.31. The molecule has 25 heavy (non-hydrogen) atoms. The van der Waals surface area contributed by atoms with E-state index >= 15 is 0 Å². The number of piperazine rings is 2. The highest BCUT2D eigenvalue weighted by Crippen LogP contribution is 2.28. The normalized spacial score (nSPS) is 19.0. The van der Waals surface area contributed by atoms with Crippen LogP contribution in [0.2, 0.25) is 0 Å². The topological polar surface area (TPSA) is 56.3 Å². The molecule has 0 radical (unpaired) electrons. The number of carbonyl (C=O) groups is 2. The van der Waals surface area contributed by atoms with Gasteiger partial charge in [-0.25, -0.2) is 0 Å². The molecule has 0 aromatic heterocycles. The fraction of sp³-hybridized carbons (Fsp3) is 0.556. The molecule has 136 valence electrons. The number of rotatable bonds is 2. The fourth-order valence-electron chi connectivity index (χ4n) is 3.32. The maximum absolute atomic E-state index is 12.5. The molecule has 2 saturated heterocycles. The van der Waals surface area contributed by atoms with Crippen LogP contribution in [-0.4, -0.2) is 93.0 Å². The van der Waals surface area contributed by atoms with Crippen LogP contribution in [0.5, 0.6) is 5.75 Å². The summed E-state index contributed by atoms with van der Waals surface area (Å²) >= 11 is 0. The standard InChI is InChI=1S/C18H26N4O3/c1-19-7-9-21(10-8-19)17(23)18(24)22-13-11-20(12-14-22)15-5-3-4-6-16(15)25-2/h3-6H,7-14H2,1-2H3. The van der Waals surface area contributed by atoms with Crippen molar-refractivity contribution in [2.75, 3.05) is 71.4 Å². The number of carbonyl (C=O) groups excluding carboxylic acids is 2. The second-order valence-electron chi connectivity index (χ2n) is 6.55. The molecule has 1 aromatic carbocycles. The van der Waals surface area contributed by atoms with Crippen LogP contribution in [0.3, 0.4) is 0 Å². The second-order valence-corrected chi connectivity index (χ2v) is 6.55. The number of hydrogen-bond acceptors (Lipinski definition) is 5. The molecule has 7 nitrogen and oxygen atoms in total. The van der Waals surface area contributed by atoms with Crippen LogP contribution in [0.15, 0.2) is 24.3 Å². The maximum Gasteiger partial charge on any atom is 0.312 e. The molecule has 3 rings (SSSR count). The van der Waals surface area contributed by atoms with E-state index in [1.807, 2.05) is 31.3 Å². The highest BCUT2D eigenvalue weighted by molar-refractivity contribution is 6.35. The van der Waals surface area contributed by atoms with Crippen LogP contribution < -0.4 is 9.64 Å². The van der Waals surface area contributed by atoms with Crippen LogP contribution in [0.4, 0.5) is 5.69 Å². The van der Waals surface area contributed by atoms with Gasteiger partial charge in [0.15, 0.2) is 0 Å². The second kappa shape index (κ2) is 7.74. The molecule has 2 fully saturated rings. The molecular weight excluding hydrogens is 320 g/mol. The Morgan fingerprint density at radius 1 is 0.840 bits per heavy atom. The molecule has 0 bridgehead atoms. The third-order valence-electron chi connectivity index (χ3n) is 4.97. The molecule has 2 amide bonds. The summed E-state index contributed by atoms with van der Waals surface area (Å²) in [6.07, 6.45) is 0. The van der Waals surface area contributed by atoms with Crippen LogP contribution >= 0.6 is 0 Å². The van der Waals surface area contributed by atoms with E-state index in [0.717, 1.165) is 24.5 Å². The summed E-state index contributed by atoms with van der Waals surface area (Å²) in [5, 5.41) is 0. The van der Waals surface area contributed by atoms with E-state index in [4.69, 9.17) is 4.74 Å². The van der Waals surface area contributed by atoms with Crippen molar-refractivity contribution in [2.45, 2.75) is 0 Å². The van der Waals surface area contributed by atoms with Gasteiger partial charge >= 0.3 is 11.8 Å². The van der Waals surface area contributed by atoms with Gasteiger partial charge in [-0.05, 0) is 19.2 Å². The summed E-state index contributed by atoms with van der Waals surface area (Å²) < 4.78 is 5.41. The molecule has 0 atom stereocenters. The molecule has 0 spiro atoms. The highest BCUT2D eigenvalue weighted by atomic mass is 16.5. The lowest BCUT2D eigenvalue weighted by Crippen LogP contribution is -2.56. The number of benzene rings is 1. The van der Waals surface area contributed by atoms with Crippen LogP contribution in [-0.2, 0) is 9.59 Å². The number of para-hydroxylation sites is 2. The first-order chi connectivity index (χ1) is 12.1. The van der Waals surface area contributed by atoms with Gasteiger partial charge in [0, 0.05) is 52.4 Å². The number of methoxy groups -OCH3 is 1. The zero-order chi connectivity index (χ0) is 17.8. The Morgan fingerprint density at radius 2 is 1.36 bits per heavy atom. The predicted octanol–water partition coefficient (Wildman–Crippen LogP) is 0.118. The van der Waals surface area contributed by atoms with Gasteiger partial charge in [0.05, 0.1) is 12.8 Å². The van der Waals surface area contributed by atoms with Crippen molar-refractivity contribution < 1.29 is 14.3 Å². The summed E-state index contributed by atoms with van der Waals surface area (Å²) in [4.78, 5) is 32.7. The largest absolute Gasteiger partial charge is 0.495 e. The fourth-order valence-corrected chi connectivity index (χ4v) is 3.32. The summed E-state index contributed by atoms with van der Waals surface area (Å²) in [5.74, 6) is 0.0962. The maximum atomic E-state index is 12.5. The Hall–Kier alpha value is -2.28. The van der Waals surface area contributed by atoms with Crippen LogP contribution in [0.1, 0.15) is 0 Å². The number of amides is 2. The Bertz CT molecular complexity index is 621. The van der Waals surface area contributed by atoms with Gasteiger partial charge < -0.3 is 24.3 Å². The number of ether oxygens (including phenoxy) is 1. The van der Waals surface area contributed by atoms with E-state index in [9.17, 15) is 9.59 Å². The van der Waals surface area contributed by atoms with Gasteiger partial charge in [0.2, 0.25) is 0 Å². The summed E-state index contributed by atoms with van der Waals surface area (Å²) in [6.45, 7) is 5.39. The molecule has 2 heterocycles. The molecular formula is C18H26N4O3. The average Bonchev–Trinajstić information content (AvgIpc) is 2.67. The van der Waals surface area contributed by atoms with E-state index < -0.39 is 0 Å². The lowest BCUT2D eigenvalue weighted by atomic mass is 10.2. The first kappa shape index (κ1) is 17.5. The first-order valence-corrected chi connectivity index (χ1v) is 8.75. The Kier molecular flexibility index (Phi) is 5.43. The smallest absolute Gasteiger partial charge is 0.312 e. The molecule has 2 aliphatic rings. The van der Waals surface area contributed by atoms with Crippen LogP contribution in [0, 0.1) is 0 Å². The lowest BCUT2D eigenvalue weighted by Gasteiger charge is -2.38.